The molecule has 0 radical (unpaired) electrons. The maximum atomic E-state index is 14.2. The summed E-state index contributed by atoms with van der Waals surface area (Å²) in [6, 6.07) is 15.8. The minimum atomic E-state index is -0.933. The molecule has 54 heavy (non-hydrogen) atoms. The Morgan fingerprint density at radius 1 is 1.04 bits per heavy atom. The maximum absolute atomic E-state index is 14.2. The molecule has 3 amide bonds. The molecule has 0 aliphatic carbocycles. The van der Waals surface area contributed by atoms with E-state index in [4.69, 9.17) is 0 Å². The van der Waals surface area contributed by atoms with Crippen LogP contribution in [0.1, 0.15) is 56.7 Å². The minimum Gasteiger partial charge on any atom is -0.508 e. The molecule has 290 valence electrons. The largest absolute Gasteiger partial charge is 0.508 e. The summed E-state index contributed by atoms with van der Waals surface area (Å²) in [4.78, 5) is 62.9. The van der Waals surface area contributed by atoms with Crippen LogP contribution in [0.15, 0.2) is 73.4 Å². The predicted molar refractivity (Wildman–Crippen MR) is 214 cm³/mol. The number of aldehydes is 1. The molecule has 0 saturated heterocycles. The van der Waals surface area contributed by atoms with Gasteiger partial charge in [-0.3, -0.25) is 19.3 Å². The number of phenolic OH excluding ortho intramolecular Hbond substituents is 1. The van der Waals surface area contributed by atoms with Crippen LogP contribution in [-0.2, 0) is 32.1 Å². The van der Waals surface area contributed by atoms with Crippen molar-refractivity contribution in [3.63, 3.8) is 0 Å². The Balaban J connectivity index is 1.48. The van der Waals surface area contributed by atoms with Gasteiger partial charge < -0.3 is 41.0 Å². The molecule has 5 N–H and O–H groups in total. The van der Waals surface area contributed by atoms with Crippen molar-refractivity contribution in [1.82, 2.24) is 25.4 Å². The van der Waals surface area contributed by atoms with Gasteiger partial charge >= 0.3 is 0 Å². The Labute approximate surface area is 319 Å². The Morgan fingerprint density at radius 3 is 2.43 bits per heavy atom. The van der Waals surface area contributed by atoms with Gasteiger partial charge in [-0.2, -0.15) is 0 Å². The van der Waals surface area contributed by atoms with Gasteiger partial charge in [-0.05, 0) is 68.7 Å². The molecule has 1 aromatic heterocycles. The molecule has 3 aromatic rings. The monoisotopic (exact) mass is 740 g/mol. The van der Waals surface area contributed by atoms with Crippen molar-refractivity contribution in [3.8, 4) is 5.75 Å². The van der Waals surface area contributed by atoms with Crippen LogP contribution < -0.4 is 26.2 Å². The topological polar surface area (TPSA) is 159 Å². The normalized spacial score (nSPS) is 14.1. The van der Waals surface area contributed by atoms with E-state index in [1.807, 2.05) is 42.3 Å². The smallest absolute Gasteiger partial charge is 0.245 e. The molecular formula is C41H56N8O5. The fourth-order valence-electron chi connectivity index (χ4n) is 6.90. The lowest BCUT2D eigenvalue weighted by molar-refractivity contribution is -0.137. The standard InChI is InChI=1S/C41H56N8O5/c1-7-18-42-25-38(52)46-36(23-30-12-15-33(51)16-13-30)41(54)48(20-9-22-50)26-31-10-8-11-34-35(27-47(6)39(31)34)40(53)45-32-14-17-37(44-24-32)43-19-21-49(28(2)3)29(4)5/h7-8,10-17,22,24,28-29,35-36,42,51H,1,9,18-21,23,25-27H2,2-6H3,(H,43,44)(H,45,53)(H,46,52). The van der Waals surface area contributed by atoms with Gasteiger partial charge in [-0.15, -0.1) is 6.58 Å². The SMILES string of the molecule is C=CCNCC(=O)NC(Cc1ccc(O)cc1)C(=O)N(CCC=O)Cc1cccc2c1N(C)CC2C(=O)Nc1ccc(NCCN(C(C)C)C(C)C)nc1. The van der Waals surface area contributed by atoms with Crippen LogP contribution in [0.25, 0.3) is 0 Å². The number of aromatic nitrogens is 1. The first-order valence-corrected chi connectivity index (χ1v) is 18.6. The highest BCUT2D eigenvalue weighted by molar-refractivity contribution is 5.98. The molecule has 2 aromatic carbocycles. The van der Waals surface area contributed by atoms with E-state index in [-0.39, 0.29) is 55.9 Å². The number of nitrogens with zero attached hydrogens (tertiary/aromatic N) is 4. The summed E-state index contributed by atoms with van der Waals surface area (Å²) in [5.74, 6) is -0.519. The Kier molecular flexibility index (Phi) is 15.6. The number of carbonyl (C=O) groups is 4. The zero-order chi connectivity index (χ0) is 39.2. The molecule has 0 spiro atoms. The summed E-state index contributed by atoms with van der Waals surface area (Å²) in [5, 5.41) is 22.0. The third kappa shape index (κ3) is 11.6. The van der Waals surface area contributed by atoms with E-state index in [2.05, 4.69) is 65.4 Å². The number of fused-ring (bicyclic) bond motifs is 1. The van der Waals surface area contributed by atoms with E-state index in [0.717, 1.165) is 47.6 Å². The first-order valence-electron chi connectivity index (χ1n) is 18.6. The first-order chi connectivity index (χ1) is 25.9. The average molecular weight is 741 g/mol. The number of nitrogens with one attached hydrogen (secondary N) is 4. The number of pyridine rings is 1. The average Bonchev–Trinajstić information content (AvgIpc) is 3.49. The van der Waals surface area contributed by atoms with E-state index in [0.29, 0.717) is 30.9 Å². The summed E-state index contributed by atoms with van der Waals surface area (Å²) in [6.45, 7) is 15.2. The highest BCUT2D eigenvalue weighted by Gasteiger charge is 2.35. The summed E-state index contributed by atoms with van der Waals surface area (Å²) < 4.78 is 0. The number of anilines is 3. The zero-order valence-electron chi connectivity index (χ0n) is 32.2. The van der Waals surface area contributed by atoms with E-state index in [1.54, 1.807) is 29.3 Å². The summed E-state index contributed by atoms with van der Waals surface area (Å²) in [5.41, 5.74) is 3.84. The molecule has 2 unspecified atom stereocenters. The molecule has 0 fully saturated rings. The van der Waals surface area contributed by atoms with E-state index >= 15 is 0 Å². The molecule has 0 saturated carbocycles. The van der Waals surface area contributed by atoms with Crippen molar-refractivity contribution >= 4 is 41.2 Å². The Hall–Kier alpha value is -5.27. The van der Waals surface area contributed by atoms with Crippen molar-refractivity contribution < 1.29 is 24.3 Å². The van der Waals surface area contributed by atoms with Crippen molar-refractivity contribution in [3.05, 3.63) is 90.1 Å². The Morgan fingerprint density at radius 2 is 1.78 bits per heavy atom. The maximum Gasteiger partial charge on any atom is 0.245 e. The van der Waals surface area contributed by atoms with Gasteiger partial charge in [0.15, 0.2) is 0 Å². The van der Waals surface area contributed by atoms with Crippen LogP contribution in [0.5, 0.6) is 5.75 Å². The number of carbonyl (C=O) groups excluding carboxylic acids is 4. The number of benzene rings is 2. The molecule has 2 atom stereocenters. The van der Waals surface area contributed by atoms with Gasteiger partial charge in [0.2, 0.25) is 17.7 Å². The lowest BCUT2D eigenvalue weighted by atomic mass is 9.97. The van der Waals surface area contributed by atoms with Gasteiger partial charge in [0.25, 0.3) is 0 Å². The summed E-state index contributed by atoms with van der Waals surface area (Å²) in [7, 11) is 1.92. The number of aromatic hydroxyl groups is 1. The fraction of sp³-hybridized carbons (Fsp3) is 0.439. The quantitative estimate of drug-likeness (QED) is 0.0616. The second-order valence-electron chi connectivity index (χ2n) is 14.2. The van der Waals surface area contributed by atoms with Crippen molar-refractivity contribution in [2.75, 3.05) is 61.8 Å². The van der Waals surface area contributed by atoms with Gasteiger partial charge in [0, 0.05) is 76.9 Å². The van der Waals surface area contributed by atoms with Crippen LogP contribution in [0, 0.1) is 0 Å². The molecule has 4 rings (SSSR count). The number of hydrogen-bond acceptors (Lipinski definition) is 10. The van der Waals surface area contributed by atoms with Crippen molar-refractivity contribution in [2.24, 2.45) is 0 Å². The van der Waals surface area contributed by atoms with E-state index in [9.17, 15) is 24.3 Å². The fourth-order valence-corrected chi connectivity index (χ4v) is 6.90. The van der Waals surface area contributed by atoms with Crippen LogP contribution in [0.3, 0.4) is 0 Å². The summed E-state index contributed by atoms with van der Waals surface area (Å²) in [6.07, 6.45) is 4.34. The van der Waals surface area contributed by atoms with Crippen LogP contribution in [-0.4, -0.2) is 108 Å². The molecule has 1 aliphatic rings. The third-order valence-electron chi connectivity index (χ3n) is 9.49. The molecule has 0 bridgehead atoms. The van der Waals surface area contributed by atoms with Crippen molar-refractivity contribution in [1.29, 1.82) is 0 Å². The second-order valence-corrected chi connectivity index (χ2v) is 14.2. The number of likely N-dealkylation sites (N-methyl/N-ethyl adjacent to an activating group) is 1. The van der Waals surface area contributed by atoms with E-state index in [1.165, 1.54) is 12.1 Å². The minimum absolute atomic E-state index is 0.00695. The lowest BCUT2D eigenvalue weighted by Gasteiger charge is -2.30. The number of hydrogen-bond donors (Lipinski definition) is 5. The van der Waals surface area contributed by atoms with Crippen LogP contribution in [0.4, 0.5) is 17.2 Å². The highest BCUT2D eigenvalue weighted by Crippen LogP contribution is 2.39. The highest BCUT2D eigenvalue weighted by atomic mass is 16.3. The third-order valence-corrected chi connectivity index (χ3v) is 9.49. The summed E-state index contributed by atoms with van der Waals surface area (Å²) >= 11 is 0. The molecule has 13 nitrogen and oxygen atoms in total. The molecular weight excluding hydrogens is 685 g/mol. The van der Waals surface area contributed by atoms with Crippen LogP contribution >= 0.6 is 0 Å². The predicted octanol–water partition coefficient (Wildman–Crippen LogP) is 3.91. The number of phenols is 1. The Bertz CT molecular complexity index is 1710. The molecule has 2 heterocycles. The number of amides is 3. The van der Waals surface area contributed by atoms with Gasteiger partial charge in [-0.1, -0.05) is 36.4 Å². The number of para-hydroxylation sites is 1. The van der Waals surface area contributed by atoms with Gasteiger partial charge in [-0.25, -0.2) is 4.98 Å². The number of rotatable bonds is 21. The first kappa shape index (κ1) is 41.5. The molecule has 13 heteroatoms. The zero-order valence-corrected chi connectivity index (χ0v) is 32.2. The van der Waals surface area contributed by atoms with Gasteiger partial charge in [0.05, 0.1) is 24.3 Å². The van der Waals surface area contributed by atoms with E-state index < -0.39 is 12.0 Å². The second kappa shape index (κ2) is 20.3. The van der Waals surface area contributed by atoms with Gasteiger partial charge in [0.1, 0.15) is 23.9 Å². The molecule has 1 aliphatic heterocycles. The van der Waals surface area contributed by atoms with Crippen LogP contribution in [0.2, 0.25) is 0 Å². The lowest BCUT2D eigenvalue weighted by Crippen LogP contribution is -2.51. The van der Waals surface area contributed by atoms with Crippen molar-refractivity contribution in [2.45, 2.75) is 71.1 Å².